The Morgan fingerprint density at radius 3 is 2.75 bits per heavy atom. The molecule has 0 atom stereocenters. The third kappa shape index (κ3) is 2.07. The highest BCUT2D eigenvalue weighted by Crippen LogP contribution is 2.27. The quantitative estimate of drug-likeness (QED) is 0.746. The van der Waals surface area contributed by atoms with Crippen molar-refractivity contribution in [3.8, 4) is 10.8 Å². The summed E-state index contributed by atoms with van der Waals surface area (Å²) in [6.45, 7) is 5.67. The van der Waals surface area contributed by atoms with E-state index < -0.39 is 5.41 Å². The highest BCUT2D eigenvalue weighted by Gasteiger charge is 2.25. The Labute approximate surface area is 98.1 Å². The van der Waals surface area contributed by atoms with Gasteiger partial charge in [0.25, 0.3) is 0 Å². The molecule has 0 bridgehead atoms. The number of nitrogens with zero attached hydrogens (tertiary/aromatic N) is 1. The van der Waals surface area contributed by atoms with Crippen LogP contribution in [0.1, 0.15) is 31.3 Å². The van der Waals surface area contributed by atoms with E-state index in [1.807, 2.05) is 32.9 Å². The molecule has 3 nitrogen and oxygen atoms in total. The molecule has 2 aromatic heterocycles. The van der Waals surface area contributed by atoms with Crippen molar-refractivity contribution >= 4 is 17.1 Å². The number of Topliss-reactive ketones (excluding diaryl/α,β-unsaturated/α-hetero) is 1. The molecule has 0 amide bonds. The van der Waals surface area contributed by atoms with E-state index in [2.05, 4.69) is 4.98 Å². The zero-order valence-corrected chi connectivity index (χ0v) is 10.3. The van der Waals surface area contributed by atoms with E-state index in [0.717, 1.165) is 5.01 Å². The number of aromatic nitrogens is 1. The molecule has 0 radical (unpaired) electrons. The van der Waals surface area contributed by atoms with Gasteiger partial charge in [-0.05, 0) is 12.1 Å². The van der Waals surface area contributed by atoms with Gasteiger partial charge in [0.2, 0.25) is 0 Å². The molecule has 2 heterocycles. The Bertz CT molecular complexity index is 491. The van der Waals surface area contributed by atoms with Crippen LogP contribution in [0.5, 0.6) is 0 Å². The van der Waals surface area contributed by atoms with E-state index in [9.17, 15) is 4.79 Å². The van der Waals surface area contributed by atoms with Gasteiger partial charge in [-0.15, -0.1) is 11.3 Å². The largest absolute Gasteiger partial charge is 0.462 e. The third-order valence-corrected chi connectivity index (χ3v) is 3.01. The maximum atomic E-state index is 12.0. The molecule has 0 unspecified atom stereocenters. The van der Waals surface area contributed by atoms with Crippen LogP contribution in [0.15, 0.2) is 28.2 Å². The van der Waals surface area contributed by atoms with Crippen molar-refractivity contribution in [2.45, 2.75) is 20.8 Å². The molecular formula is C12H13NO2S. The fourth-order valence-electron chi connectivity index (χ4n) is 1.28. The summed E-state index contributed by atoms with van der Waals surface area (Å²) in [6.07, 6.45) is 1.60. The maximum absolute atomic E-state index is 12.0. The Balaban J connectivity index is 2.31. The molecule has 0 saturated heterocycles. The van der Waals surface area contributed by atoms with Crippen LogP contribution in [0.4, 0.5) is 0 Å². The van der Waals surface area contributed by atoms with Crippen LogP contribution < -0.4 is 0 Å². The zero-order chi connectivity index (χ0) is 11.8. The minimum Gasteiger partial charge on any atom is -0.462 e. The molecule has 84 valence electrons. The highest BCUT2D eigenvalue weighted by atomic mass is 32.1. The summed E-state index contributed by atoms with van der Waals surface area (Å²) in [4.78, 5) is 16.3. The molecule has 0 spiro atoms. The Morgan fingerprint density at radius 1 is 1.44 bits per heavy atom. The van der Waals surface area contributed by atoms with Gasteiger partial charge in [0, 0.05) is 10.8 Å². The number of carbonyl (C=O) groups is 1. The van der Waals surface area contributed by atoms with Crippen molar-refractivity contribution in [2.24, 2.45) is 5.41 Å². The average molecular weight is 235 g/mol. The minimum atomic E-state index is -0.394. The van der Waals surface area contributed by atoms with Crippen molar-refractivity contribution < 1.29 is 9.21 Å². The lowest BCUT2D eigenvalue weighted by molar-refractivity contribution is 0.0854. The van der Waals surface area contributed by atoms with Crippen molar-refractivity contribution in [1.82, 2.24) is 4.98 Å². The summed E-state index contributed by atoms with van der Waals surface area (Å²) < 4.78 is 5.23. The van der Waals surface area contributed by atoms with Crippen LogP contribution in [0.3, 0.4) is 0 Å². The number of furan rings is 1. The van der Waals surface area contributed by atoms with Gasteiger partial charge in [-0.25, -0.2) is 4.98 Å². The predicted molar refractivity (Wildman–Crippen MR) is 63.6 cm³/mol. The molecule has 2 rings (SSSR count). The molecule has 0 aromatic carbocycles. The number of hydrogen-bond acceptors (Lipinski definition) is 4. The molecule has 0 aliphatic heterocycles. The van der Waals surface area contributed by atoms with Crippen LogP contribution in [0.2, 0.25) is 0 Å². The van der Waals surface area contributed by atoms with Gasteiger partial charge in [0.15, 0.2) is 16.6 Å². The number of carbonyl (C=O) groups excluding carboxylic acids is 1. The first-order valence-corrected chi connectivity index (χ1v) is 5.90. The topological polar surface area (TPSA) is 43.1 Å². The van der Waals surface area contributed by atoms with Gasteiger partial charge in [-0.3, -0.25) is 4.79 Å². The summed E-state index contributed by atoms with van der Waals surface area (Å²) in [5.74, 6) is 0.763. The van der Waals surface area contributed by atoms with Crippen molar-refractivity contribution in [3.63, 3.8) is 0 Å². The molecule has 2 aromatic rings. The number of hydrogen-bond donors (Lipinski definition) is 0. The second-order valence-corrected chi connectivity index (χ2v) is 5.45. The van der Waals surface area contributed by atoms with E-state index in [-0.39, 0.29) is 5.78 Å². The van der Waals surface area contributed by atoms with Crippen LogP contribution in [-0.4, -0.2) is 10.8 Å². The second kappa shape index (κ2) is 3.87. The third-order valence-electron chi connectivity index (χ3n) is 2.15. The van der Waals surface area contributed by atoms with E-state index in [1.54, 1.807) is 11.6 Å². The van der Waals surface area contributed by atoms with Crippen LogP contribution >= 0.6 is 11.3 Å². The van der Waals surface area contributed by atoms with Gasteiger partial charge >= 0.3 is 0 Å². The first-order chi connectivity index (χ1) is 7.48. The van der Waals surface area contributed by atoms with Crippen molar-refractivity contribution in [3.05, 3.63) is 29.5 Å². The molecule has 16 heavy (non-hydrogen) atoms. The first kappa shape index (κ1) is 11.1. The minimum absolute atomic E-state index is 0.0570. The lowest BCUT2D eigenvalue weighted by Gasteiger charge is -2.13. The fourth-order valence-corrected chi connectivity index (χ4v) is 2.04. The van der Waals surface area contributed by atoms with Crippen molar-refractivity contribution in [2.75, 3.05) is 0 Å². The van der Waals surface area contributed by atoms with Gasteiger partial charge in [0.05, 0.1) is 6.26 Å². The van der Waals surface area contributed by atoms with E-state index >= 15 is 0 Å². The van der Waals surface area contributed by atoms with Crippen molar-refractivity contribution in [1.29, 1.82) is 0 Å². The average Bonchev–Trinajstić information content (AvgIpc) is 2.85. The lowest BCUT2D eigenvalue weighted by atomic mass is 9.89. The second-order valence-electron chi connectivity index (χ2n) is 4.59. The molecule has 0 aliphatic rings. The molecule has 0 N–H and O–H groups in total. The van der Waals surface area contributed by atoms with Gasteiger partial charge < -0.3 is 4.42 Å². The Kier molecular flexibility index (Phi) is 2.68. The van der Waals surface area contributed by atoms with Crippen LogP contribution in [-0.2, 0) is 0 Å². The Hall–Kier alpha value is -1.42. The number of thiazole rings is 1. The maximum Gasteiger partial charge on any atom is 0.187 e. The first-order valence-electron chi connectivity index (χ1n) is 5.03. The summed E-state index contributed by atoms with van der Waals surface area (Å²) in [7, 11) is 0. The van der Waals surface area contributed by atoms with E-state index in [1.165, 1.54) is 11.3 Å². The van der Waals surface area contributed by atoms with Gasteiger partial charge in [0.1, 0.15) is 5.69 Å². The SMILES string of the molecule is CC(C)(C)C(=O)c1csc(-c2ccco2)n1. The van der Waals surface area contributed by atoms with Crippen LogP contribution in [0.25, 0.3) is 10.8 Å². The summed E-state index contributed by atoms with van der Waals surface area (Å²) in [5, 5.41) is 2.53. The monoisotopic (exact) mass is 235 g/mol. The highest BCUT2D eigenvalue weighted by molar-refractivity contribution is 7.13. The molecule has 0 aliphatic carbocycles. The standard InChI is InChI=1S/C12H13NO2S/c1-12(2,3)10(14)8-7-16-11(13-8)9-5-4-6-15-9/h4-7H,1-3H3. The smallest absolute Gasteiger partial charge is 0.187 e. The molecular weight excluding hydrogens is 222 g/mol. The molecule has 0 fully saturated rings. The normalized spacial score (nSPS) is 11.7. The summed E-state index contributed by atoms with van der Waals surface area (Å²) >= 11 is 1.43. The molecule has 0 saturated carbocycles. The van der Waals surface area contributed by atoms with Gasteiger partial charge in [-0.1, -0.05) is 20.8 Å². The Morgan fingerprint density at radius 2 is 2.19 bits per heavy atom. The zero-order valence-electron chi connectivity index (χ0n) is 9.48. The lowest BCUT2D eigenvalue weighted by Crippen LogP contribution is -2.20. The van der Waals surface area contributed by atoms with E-state index in [4.69, 9.17) is 4.42 Å². The summed E-state index contributed by atoms with van der Waals surface area (Å²) in [6, 6.07) is 3.65. The van der Waals surface area contributed by atoms with E-state index in [0.29, 0.717) is 11.5 Å². The summed E-state index contributed by atoms with van der Waals surface area (Å²) in [5.41, 5.74) is 0.123. The predicted octanol–water partition coefficient (Wildman–Crippen LogP) is 3.63. The van der Waals surface area contributed by atoms with Gasteiger partial charge in [-0.2, -0.15) is 0 Å². The van der Waals surface area contributed by atoms with Crippen LogP contribution in [0, 0.1) is 5.41 Å². The number of ketones is 1. The number of rotatable bonds is 2. The fraction of sp³-hybridized carbons (Fsp3) is 0.333. The molecule has 4 heteroatoms.